The smallest absolute Gasteiger partial charge is 0.330 e. The monoisotopic (exact) mass is 461 g/mol. The van der Waals surface area contributed by atoms with Gasteiger partial charge in [-0.3, -0.25) is 24.2 Å². The van der Waals surface area contributed by atoms with Gasteiger partial charge in [0.1, 0.15) is 6.04 Å². The molecule has 0 aliphatic rings. The summed E-state index contributed by atoms with van der Waals surface area (Å²) in [4.78, 5) is 64.1. The highest BCUT2D eigenvalue weighted by atomic mass is 16.5. The molecular weight excluding hydrogens is 430 g/mol. The third kappa shape index (κ3) is 11.1. The quantitative estimate of drug-likeness (QED) is 0.0561. The number of guanidine groups is 1. The Labute approximate surface area is 184 Å². The van der Waals surface area contributed by atoms with Gasteiger partial charge in [0.25, 0.3) is 0 Å². The van der Waals surface area contributed by atoms with Crippen LogP contribution in [-0.2, 0) is 28.7 Å². The molecule has 0 aliphatic carbocycles. The van der Waals surface area contributed by atoms with Crippen LogP contribution in [0, 0.1) is 0 Å². The average Bonchev–Trinajstić information content (AvgIpc) is 2.72. The Kier molecular flexibility index (Phi) is 13.0. The summed E-state index contributed by atoms with van der Waals surface area (Å²) in [6, 6.07) is -3.94. The van der Waals surface area contributed by atoms with Gasteiger partial charge >= 0.3 is 11.9 Å². The fourth-order valence-electron chi connectivity index (χ4n) is 2.44. The fraction of sp³-hybridized carbons (Fsp3) is 0.647. The van der Waals surface area contributed by atoms with Crippen molar-refractivity contribution in [3.8, 4) is 0 Å². The van der Waals surface area contributed by atoms with E-state index in [0.717, 1.165) is 12.0 Å². The molecule has 3 amide bonds. The van der Waals surface area contributed by atoms with Crippen molar-refractivity contribution in [2.75, 3.05) is 33.9 Å². The second-order valence-electron chi connectivity index (χ2n) is 6.73. The number of ether oxygens (including phenoxy) is 1. The first kappa shape index (κ1) is 28.5. The highest BCUT2D eigenvalue weighted by Crippen LogP contribution is 2.01. The van der Waals surface area contributed by atoms with Crippen LogP contribution in [0.5, 0.6) is 0 Å². The summed E-state index contributed by atoms with van der Waals surface area (Å²) in [6.45, 7) is -1.03. The van der Waals surface area contributed by atoms with Crippen LogP contribution in [0.1, 0.15) is 19.3 Å². The van der Waals surface area contributed by atoms with E-state index in [1.807, 2.05) is 0 Å². The van der Waals surface area contributed by atoms with E-state index in [9.17, 15) is 24.0 Å². The second kappa shape index (κ2) is 14.5. The number of nitrogens with two attached hydrogens (primary N) is 3. The molecule has 0 fully saturated rings. The number of aliphatic carboxylic acids is 1. The van der Waals surface area contributed by atoms with Crippen molar-refractivity contribution in [3.63, 3.8) is 0 Å². The van der Waals surface area contributed by atoms with Crippen molar-refractivity contribution in [1.82, 2.24) is 15.5 Å². The molecular formula is C17H31N7O8. The molecule has 0 unspecified atom stereocenters. The number of amides is 3. The maximum absolute atomic E-state index is 12.3. The topological polar surface area (TPSA) is 253 Å². The Balaban J connectivity index is 4.91. The molecule has 0 aromatic heterocycles. The normalized spacial score (nSPS) is 13.1. The van der Waals surface area contributed by atoms with E-state index >= 15 is 0 Å². The molecule has 0 bridgehead atoms. The summed E-state index contributed by atoms with van der Waals surface area (Å²) in [6.07, 6.45) is -0.127. The minimum absolute atomic E-state index is 0.0875. The standard InChI is InChI=1S/C17H31N7O8/c1-24(15(30)9(18)4-3-5-21-17(19)20)7-12(26)22-10(6-13(27)28)14(29)23-11(8-25)16(31)32-2/h9-11,25H,3-8,18H2,1-2H3,(H,22,26)(H,23,29)(H,27,28)(H4,19,20,21)/t9-,10-,11-/m0/s1. The minimum Gasteiger partial charge on any atom is -0.481 e. The summed E-state index contributed by atoms with van der Waals surface area (Å²) < 4.78 is 4.40. The van der Waals surface area contributed by atoms with E-state index < -0.39 is 67.4 Å². The number of carbonyl (C=O) groups is 5. The lowest BCUT2D eigenvalue weighted by atomic mass is 10.1. The van der Waals surface area contributed by atoms with Gasteiger partial charge in [-0.2, -0.15) is 0 Å². The molecule has 0 aromatic carbocycles. The summed E-state index contributed by atoms with van der Waals surface area (Å²) >= 11 is 0. The zero-order chi connectivity index (χ0) is 24.8. The number of hydrogen-bond acceptors (Lipinski definition) is 9. The first-order chi connectivity index (χ1) is 14.9. The second-order valence-corrected chi connectivity index (χ2v) is 6.73. The van der Waals surface area contributed by atoms with E-state index in [-0.39, 0.29) is 18.9 Å². The number of likely N-dealkylation sites (N-methyl/N-ethyl adjacent to an activating group) is 1. The van der Waals surface area contributed by atoms with Crippen LogP contribution in [0.15, 0.2) is 4.99 Å². The third-order valence-corrected chi connectivity index (χ3v) is 4.06. The van der Waals surface area contributed by atoms with Gasteiger partial charge in [-0.05, 0) is 12.8 Å². The lowest BCUT2D eigenvalue weighted by Gasteiger charge is -2.23. The number of aliphatic hydroxyl groups excluding tert-OH is 1. The van der Waals surface area contributed by atoms with E-state index in [2.05, 4.69) is 20.4 Å². The van der Waals surface area contributed by atoms with Crippen LogP contribution in [0.4, 0.5) is 0 Å². The number of carbonyl (C=O) groups excluding carboxylic acids is 4. The van der Waals surface area contributed by atoms with Crippen molar-refractivity contribution < 1.29 is 38.9 Å². The highest BCUT2D eigenvalue weighted by Gasteiger charge is 2.29. The summed E-state index contributed by atoms with van der Waals surface area (Å²) in [5.74, 6) is -4.88. The largest absolute Gasteiger partial charge is 0.481 e. The Morgan fingerprint density at radius 3 is 2.25 bits per heavy atom. The van der Waals surface area contributed by atoms with Crippen LogP contribution < -0.4 is 27.8 Å². The number of nitrogens with zero attached hydrogens (tertiary/aromatic N) is 2. The van der Waals surface area contributed by atoms with Crippen LogP contribution in [-0.4, -0.2) is 103 Å². The molecule has 0 spiro atoms. The number of aliphatic hydroxyl groups is 1. The van der Waals surface area contributed by atoms with Crippen molar-refractivity contribution >= 4 is 35.6 Å². The van der Waals surface area contributed by atoms with Crippen molar-refractivity contribution in [3.05, 3.63) is 0 Å². The average molecular weight is 461 g/mol. The zero-order valence-electron chi connectivity index (χ0n) is 17.9. The van der Waals surface area contributed by atoms with Gasteiger partial charge in [0.15, 0.2) is 12.0 Å². The van der Waals surface area contributed by atoms with E-state index in [1.54, 1.807) is 0 Å². The zero-order valence-corrected chi connectivity index (χ0v) is 17.9. The molecule has 10 N–H and O–H groups in total. The van der Waals surface area contributed by atoms with Gasteiger partial charge in [-0.25, -0.2) is 4.79 Å². The molecule has 0 rings (SSSR count). The van der Waals surface area contributed by atoms with Crippen LogP contribution in [0.2, 0.25) is 0 Å². The van der Waals surface area contributed by atoms with Gasteiger partial charge < -0.3 is 47.7 Å². The summed E-state index contributed by atoms with van der Waals surface area (Å²) in [5.41, 5.74) is 16.2. The highest BCUT2D eigenvalue weighted by molar-refractivity contribution is 5.94. The number of carboxylic acid groups (broad SMARTS) is 1. The van der Waals surface area contributed by atoms with E-state index in [0.29, 0.717) is 6.42 Å². The number of carboxylic acids is 1. The fourth-order valence-corrected chi connectivity index (χ4v) is 2.44. The number of esters is 1. The van der Waals surface area contributed by atoms with Gasteiger partial charge in [0.05, 0.1) is 32.7 Å². The number of rotatable bonds is 14. The summed E-state index contributed by atoms with van der Waals surface area (Å²) in [5, 5.41) is 22.4. The van der Waals surface area contributed by atoms with Crippen molar-refractivity contribution in [2.45, 2.75) is 37.4 Å². The Hall–Kier alpha value is -3.46. The maximum atomic E-state index is 12.3. The Bertz CT molecular complexity index is 711. The van der Waals surface area contributed by atoms with Crippen molar-refractivity contribution in [1.29, 1.82) is 0 Å². The molecule has 182 valence electrons. The van der Waals surface area contributed by atoms with Gasteiger partial charge in [-0.15, -0.1) is 0 Å². The van der Waals surface area contributed by atoms with Gasteiger partial charge in [0.2, 0.25) is 17.7 Å². The molecule has 3 atom stereocenters. The van der Waals surface area contributed by atoms with Gasteiger partial charge in [-0.1, -0.05) is 0 Å². The predicted molar refractivity (Wildman–Crippen MR) is 111 cm³/mol. The number of nitrogens with one attached hydrogen (secondary N) is 2. The number of hydrogen-bond donors (Lipinski definition) is 7. The molecule has 15 heteroatoms. The van der Waals surface area contributed by atoms with Crippen molar-refractivity contribution in [2.24, 2.45) is 22.2 Å². The molecule has 32 heavy (non-hydrogen) atoms. The summed E-state index contributed by atoms with van der Waals surface area (Å²) in [7, 11) is 2.34. The maximum Gasteiger partial charge on any atom is 0.330 e. The Morgan fingerprint density at radius 1 is 1.12 bits per heavy atom. The molecule has 0 aromatic rings. The van der Waals surface area contributed by atoms with Crippen LogP contribution in [0.3, 0.4) is 0 Å². The minimum atomic E-state index is -1.57. The molecule has 15 nitrogen and oxygen atoms in total. The lowest BCUT2D eigenvalue weighted by molar-refractivity contribution is -0.147. The predicted octanol–water partition coefficient (Wildman–Crippen LogP) is -4.56. The first-order valence-corrected chi connectivity index (χ1v) is 9.49. The first-order valence-electron chi connectivity index (χ1n) is 9.49. The van der Waals surface area contributed by atoms with Gasteiger partial charge in [0, 0.05) is 13.6 Å². The molecule has 0 radical (unpaired) electrons. The number of methoxy groups -OCH3 is 1. The van der Waals surface area contributed by atoms with E-state index in [4.69, 9.17) is 27.4 Å². The van der Waals surface area contributed by atoms with E-state index in [1.165, 1.54) is 7.05 Å². The molecule has 0 aliphatic heterocycles. The lowest BCUT2D eigenvalue weighted by Crippen LogP contribution is -2.55. The molecule has 0 heterocycles. The molecule has 0 saturated heterocycles. The molecule has 0 saturated carbocycles. The SMILES string of the molecule is COC(=O)[C@H](CO)NC(=O)[C@H](CC(=O)O)NC(=O)CN(C)C(=O)[C@@H](N)CCCN=C(N)N. The Morgan fingerprint density at radius 2 is 1.75 bits per heavy atom. The van der Waals surface area contributed by atoms with Crippen LogP contribution >= 0.6 is 0 Å². The number of aliphatic imine (C=N–C) groups is 1. The third-order valence-electron chi connectivity index (χ3n) is 4.06. The van der Waals surface area contributed by atoms with Crippen LogP contribution in [0.25, 0.3) is 0 Å².